The summed E-state index contributed by atoms with van der Waals surface area (Å²) in [5.41, 5.74) is 10.3. The molecule has 1 aromatic heterocycles. The Morgan fingerprint density at radius 2 is 2.17 bits per heavy atom. The Labute approximate surface area is 111 Å². The number of thiazole rings is 1. The summed E-state index contributed by atoms with van der Waals surface area (Å²) in [6, 6.07) is 7.12. The van der Waals surface area contributed by atoms with Crippen molar-refractivity contribution in [3.63, 3.8) is 0 Å². The van der Waals surface area contributed by atoms with E-state index in [1.165, 1.54) is 11.3 Å². The van der Waals surface area contributed by atoms with Gasteiger partial charge >= 0.3 is 0 Å². The fourth-order valence-corrected chi connectivity index (χ4v) is 2.53. The van der Waals surface area contributed by atoms with Gasteiger partial charge < -0.3 is 5.73 Å². The molecule has 0 saturated heterocycles. The van der Waals surface area contributed by atoms with E-state index in [4.69, 9.17) is 10.3 Å². The number of nitrogens with zero attached hydrogens (tertiary/aromatic N) is 1. The Bertz CT molecular complexity index is 514. The molecule has 1 heterocycles. The van der Waals surface area contributed by atoms with Crippen LogP contribution in [0.3, 0.4) is 0 Å². The highest BCUT2D eigenvalue weighted by atomic mass is 32.2. The van der Waals surface area contributed by atoms with Crippen LogP contribution >= 0.6 is 11.3 Å². The standard InChI is InChI=1S/C11H13N3O2S2/c12-10(11-6-17-7-13-11)5-8-1-3-9(4-2-8)14-18(15)16/h1-4,6-7,10,14H,5,12H2,(H,15,16)/t10-/m0/s1. The smallest absolute Gasteiger partial charge is 0.259 e. The number of hydrogen-bond donors (Lipinski definition) is 3. The molecule has 2 aromatic rings. The van der Waals surface area contributed by atoms with Gasteiger partial charge in [0.1, 0.15) is 0 Å². The number of benzene rings is 1. The highest BCUT2D eigenvalue weighted by molar-refractivity contribution is 7.80. The second-order valence-corrected chi connectivity index (χ2v) is 5.19. The molecule has 0 aliphatic rings. The van der Waals surface area contributed by atoms with Gasteiger partial charge in [-0.1, -0.05) is 12.1 Å². The Morgan fingerprint density at radius 3 is 2.72 bits per heavy atom. The molecular formula is C11H13N3O2S2. The van der Waals surface area contributed by atoms with Gasteiger partial charge in [-0.15, -0.1) is 11.3 Å². The number of rotatable bonds is 5. The van der Waals surface area contributed by atoms with Crippen molar-refractivity contribution in [1.29, 1.82) is 0 Å². The summed E-state index contributed by atoms with van der Waals surface area (Å²) in [6.07, 6.45) is 0.687. The molecule has 7 heteroatoms. The second kappa shape index (κ2) is 6.05. The molecule has 1 aromatic carbocycles. The van der Waals surface area contributed by atoms with E-state index in [1.54, 1.807) is 17.6 Å². The maximum atomic E-state index is 10.6. The average Bonchev–Trinajstić information content (AvgIpc) is 2.84. The van der Waals surface area contributed by atoms with Crippen molar-refractivity contribution in [1.82, 2.24) is 4.98 Å². The van der Waals surface area contributed by atoms with E-state index in [1.807, 2.05) is 17.5 Å². The predicted octanol–water partition coefficient (Wildman–Crippen LogP) is 1.93. The lowest BCUT2D eigenvalue weighted by Gasteiger charge is -2.09. The molecule has 2 atom stereocenters. The Morgan fingerprint density at radius 1 is 1.44 bits per heavy atom. The van der Waals surface area contributed by atoms with Crippen LogP contribution in [0.5, 0.6) is 0 Å². The van der Waals surface area contributed by atoms with Crippen molar-refractivity contribution in [2.24, 2.45) is 5.73 Å². The molecule has 0 amide bonds. The van der Waals surface area contributed by atoms with Crippen LogP contribution in [-0.2, 0) is 17.7 Å². The maximum absolute atomic E-state index is 10.6. The van der Waals surface area contributed by atoms with Crippen LogP contribution in [0.25, 0.3) is 0 Å². The van der Waals surface area contributed by atoms with Crippen LogP contribution in [0, 0.1) is 0 Å². The van der Waals surface area contributed by atoms with Gasteiger partial charge in [-0.3, -0.25) is 9.27 Å². The lowest BCUT2D eigenvalue weighted by molar-refractivity contribution is 0.570. The predicted molar refractivity (Wildman–Crippen MR) is 73.6 cm³/mol. The molecule has 5 nitrogen and oxygen atoms in total. The van der Waals surface area contributed by atoms with Crippen LogP contribution in [0.2, 0.25) is 0 Å². The van der Waals surface area contributed by atoms with Gasteiger partial charge in [0.25, 0.3) is 11.3 Å². The summed E-state index contributed by atoms with van der Waals surface area (Å²) in [5.74, 6) is 0. The summed E-state index contributed by atoms with van der Waals surface area (Å²) in [6.45, 7) is 0. The minimum absolute atomic E-state index is 0.123. The number of hydrogen-bond acceptors (Lipinski definition) is 4. The number of nitrogens with two attached hydrogens (primary N) is 1. The lowest BCUT2D eigenvalue weighted by atomic mass is 10.0. The second-order valence-electron chi connectivity index (χ2n) is 3.77. The zero-order valence-corrected chi connectivity index (χ0v) is 11.1. The third kappa shape index (κ3) is 3.61. The zero-order valence-electron chi connectivity index (χ0n) is 9.45. The van der Waals surface area contributed by atoms with E-state index in [2.05, 4.69) is 9.71 Å². The molecule has 2 rings (SSSR count). The first kappa shape index (κ1) is 13.2. The van der Waals surface area contributed by atoms with Gasteiger partial charge in [-0.2, -0.15) is 0 Å². The third-order valence-electron chi connectivity index (χ3n) is 2.45. The van der Waals surface area contributed by atoms with E-state index >= 15 is 0 Å². The van der Waals surface area contributed by atoms with Gasteiger partial charge in [0.05, 0.1) is 17.2 Å². The van der Waals surface area contributed by atoms with E-state index < -0.39 is 11.3 Å². The Hall–Kier alpha value is -1.28. The Balaban J connectivity index is 2.00. The summed E-state index contributed by atoms with van der Waals surface area (Å²) in [7, 11) is 0. The molecule has 0 aliphatic heterocycles. The topological polar surface area (TPSA) is 88.2 Å². The van der Waals surface area contributed by atoms with Gasteiger partial charge in [-0.25, -0.2) is 9.19 Å². The normalized spacial score (nSPS) is 14.1. The SMILES string of the molecule is N[C@@H](Cc1ccc(NS(=O)O)cc1)c1cscn1. The van der Waals surface area contributed by atoms with Crippen molar-refractivity contribution in [3.8, 4) is 0 Å². The van der Waals surface area contributed by atoms with Crippen LogP contribution in [0.1, 0.15) is 17.3 Å². The van der Waals surface area contributed by atoms with Crippen LogP contribution in [0.15, 0.2) is 35.2 Å². The number of nitrogens with one attached hydrogen (secondary N) is 1. The van der Waals surface area contributed by atoms with Crippen molar-refractivity contribution in [2.75, 3.05) is 4.72 Å². The minimum atomic E-state index is -2.04. The Kier molecular flexibility index (Phi) is 4.43. The van der Waals surface area contributed by atoms with E-state index in [0.717, 1.165) is 11.3 Å². The monoisotopic (exact) mass is 283 g/mol. The molecule has 4 N–H and O–H groups in total. The first-order chi connectivity index (χ1) is 8.65. The van der Waals surface area contributed by atoms with Gasteiger partial charge in [0.15, 0.2) is 0 Å². The fourth-order valence-electron chi connectivity index (χ4n) is 1.57. The molecule has 0 bridgehead atoms. The molecule has 0 spiro atoms. The van der Waals surface area contributed by atoms with Crippen molar-refractivity contribution in [2.45, 2.75) is 12.5 Å². The molecule has 0 aliphatic carbocycles. The number of aromatic nitrogens is 1. The summed E-state index contributed by atoms with van der Waals surface area (Å²) in [4.78, 5) is 4.18. The van der Waals surface area contributed by atoms with Crippen molar-refractivity contribution in [3.05, 3.63) is 46.4 Å². The quantitative estimate of drug-likeness (QED) is 0.732. The van der Waals surface area contributed by atoms with E-state index in [9.17, 15) is 4.21 Å². The van der Waals surface area contributed by atoms with Gasteiger partial charge in [0, 0.05) is 11.1 Å². The minimum Gasteiger partial charge on any atom is -0.322 e. The molecule has 0 saturated carbocycles. The first-order valence-electron chi connectivity index (χ1n) is 5.25. The summed E-state index contributed by atoms with van der Waals surface area (Å²) >= 11 is -0.516. The van der Waals surface area contributed by atoms with Crippen molar-refractivity contribution < 1.29 is 8.76 Å². The molecule has 96 valence electrons. The summed E-state index contributed by atoms with van der Waals surface area (Å²) in [5, 5.41) is 1.94. The van der Waals surface area contributed by atoms with Crippen LogP contribution in [0.4, 0.5) is 5.69 Å². The fraction of sp³-hybridized carbons (Fsp3) is 0.182. The molecule has 0 radical (unpaired) electrons. The zero-order chi connectivity index (χ0) is 13.0. The van der Waals surface area contributed by atoms with Crippen LogP contribution < -0.4 is 10.5 Å². The van der Waals surface area contributed by atoms with E-state index in [-0.39, 0.29) is 6.04 Å². The third-order valence-corrected chi connectivity index (χ3v) is 3.46. The maximum Gasteiger partial charge on any atom is 0.259 e. The molecular weight excluding hydrogens is 270 g/mol. The van der Waals surface area contributed by atoms with E-state index in [0.29, 0.717) is 12.1 Å². The molecule has 18 heavy (non-hydrogen) atoms. The number of anilines is 1. The lowest BCUT2D eigenvalue weighted by Crippen LogP contribution is -2.13. The molecule has 0 fully saturated rings. The van der Waals surface area contributed by atoms with Gasteiger partial charge in [0.2, 0.25) is 0 Å². The highest BCUT2D eigenvalue weighted by Crippen LogP contribution is 2.17. The highest BCUT2D eigenvalue weighted by Gasteiger charge is 2.08. The largest absolute Gasteiger partial charge is 0.322 e. The average molecular weight is 283 g/mol. The van der Waals surface area contributed by atoms with Crippen LogP contribution in [-0.4, -0.2) is 13.7 Å². The summed E-state index contributed by atoms with van der Waals surface area (Å²) < 4.78 is 21.6. The van der Waals surface area contributed by atoms with Crippen molar-refractivity contribution >= 4 is 28.3 Å². The first-order valence-corrected chi connectivity index (χ1v) is 7.30. The molecule has 1 unspecified atom stereocenters. The van der Waals surface area contributed by atoms with Gasteiger partial charge in [-0.05, 0) is 24.1 Å².